The van der Waals surface area contributed by atoms with Gasteiger partial charge in [0.05, 0.1) is 16.4 Å². The Morgan fingerprint density at radius 1 is 1.06 bits per heavy atom. The van der Waals surface area contributed by atoms with Crippen molar-refractivity contribution in [3.63, 3.8) is 0 Å². The van der Waals surface area contributed by atoms with Gasteiger partial charge < -0.3 is 4.90 Å². The predicted molar refractivity (Wildman–Crippen MR) is 122 cm³/mol. The van der Waals surface area contributed by atoms with Crippen molar-refractivity contribution in [3.8, 4) is 0 Å². The average Bonchev–Trinajstić information content (AvgIpc) is 2.85. The van der Waals surface area contributed by atoms with Crippen LogP contribution in [0.4, 0.5) is 24.5 Å². The molecule has 1 unspecified atom stereocenters. The van der Waals surface area contributed by atoms with Crippen molar-refractivity contribution in [1.82, 2.24) is 10.3 Å². The third-order valence-corrected chi connectivity index (χ3v) is 5.94. The average molecular weight is 486 g/mol. The molecule has 1 saturated heterocycles. The largest absolute Gasteiger partial charge is 0.416 e. The molecule has 2 N–H and O–H groups in total. The first-order valence-electron chi connectivity index (χ1n) is 10.8. The Hall–Kier alpha value is -4.15. The first kappa shape index (κ1) is 24.0. The number of likely N-dealkylation sites (tertiary alicyclic amines) is 1. The van der Waals surface area contributed by atoms with E-state index >= 15 is 0 Å². The molecule has 1 atom stereocenters. The summed E-state index contributed by atoms with van der Waals surface area (Å²) in [7, 11) is 0. The van der Waals surface area contributed by atoms with E-state index in [1.54, 1.807) is 17.0 Å². The number of anilines is 1. The Morgan fingerprint density at radius 2 is 1.80 bits per heavy atom. The highest BCUT2D eigenvalue weighted by Gasteiger charge is 2.33. The van der Waals surface area contributed by atoms with Crippen LogP contribution >= 0.6 is 0 Å². The fourth-order valence-corrected chi connectivity index (χ4v) is 4.15. The summed E-state index contributed by atoms with van der Waals surface area (Å²) >= 11 is 0. The molecule has 1 aliphatic rings. The molecule has 1 aliphatic heterocycles. The molecule has 0 radical (unpaired) electrons. The summed E-state index contributed by atoms with van der Waals surface area (Å²) in [6.45, 7) is 0.619. The molecule has 0 aromatic heterocycles. The normalized spacial score (nSPS) is 16.1. The molecule has 8 nitrogen and oxygen atoms in total. The minimum atomic E-state index is -4.74. The van der Waals surface area contributed by atoms with Crippen LogP contribution in [-0.4, -0.2) is 34.7 Å². The van der Waals surface area contributed by atoms with Crippen LogP contribution in [0.5, 0.6) is 0 Å². The van der Waals surface area contributed by atoms with Crippen molar-refractivity contribution < 1.29 is 27.7 Å². The molecular weight excluding hydrogens is 465 g/mol. The molecule has 2 amide bonds. The van der Waals surface area contributed by atoms with Gasteiger partial charge in [-0.15, -0.1) is 0 Å². The number of hydrogen-bond donors (Lipinski definition) is 2. The van der Waals surface area contributed by atoms with E-state index in [1.807, 2.05) is 30.3 Å². The number of hydrazine groups is 1. The van der Waals surface area contributed by atoms with Crippen molar-refractivity contribution in [3.05, 3.63) is 81.9 Å². The first-order chi connectivity index (χ1) is 16.6. The fourth-order valence-electron chi connectivity index (χ4n) is 4.15. The maximum Gasteiger partial charge on any atom is 0.416 e. The van der Waals surface area contributed by atoms with Gasteiger partial charge in [0.1, 0.15) is 5.69 Å². The molecule has 0 saturated carbocycles. The molecule has 1 fully saturated rings. The van der Waals surface area contributed by atoms with E-state index in [-0.39, 0.29) is 18.1 Å². The highest BCUT2D eigenvalue weighted by molar-refractivity contribution is 6.07. The van der Waals surface area contributed by atoms with Crippen LogP contribution in [0.1, 0.15) is 28.8 Å². The number of rotatable bonds is 5. The van der Waals surface area contributed by atoms with Gasteiger partial charge in [0.15, 0.2) is 0 Å². The van der Waals surface area contributed by atoms with Crippen molar-refractivity contribution in [2.75, 3.05) is 18.5 Å². The molecule has 182 valence electrons. The summed E-state index contributed by atoms with van der Waals surface area (Å²) in [5, 5.41) is 13.0. The summed E-state index contributed by atoms with van der Waals surface area (Å²) < 4.78 is 38.7. The number of amides is 2. The SMILES string of the molecule is O=C(NNc1ccc(C(F)(F)F)cc1[N+](=O)[O-])C1CCCN(C(=O)c2cccc3ccccc23)C1. The Balaban J connectivity index is 1.45. The van der Waals surface area contributed by atoms with E-state index in [1.165, 1.54) is 0 Å². The summed E-state index contributed by atoms with van der Waals surface area (Å²) in [6.07, 6.45) is -3.67. The van der Waals surface area contributed by atoms with E-state index in [0.29, 0.717) is 37.1 Å². The van der Waals surface area contributed by atoms with Gasteiger partial charge in [0.25, 0.3) is 11.6 Å². The lowest BCUT2D eigenvalue weighted by Gasteiger charge is -2.32. The van der Waals surface area contributed by atoms with Gasteiger partial charge >= 0.3 is 6.18 Å². The second-order valence-electron chi connectivity index (χ2n) is 8.22. The number of nitro groups is 1. The van der Waals surface area contributed by atoms with Gasteiger partial charge in [-0.25, -0.2) is 0 Å². The van der Waals surface area contributed by atoms with Crippen LogP contribution in [0.15, 0.2) is 60.7 Å². The number of fused-ring (bicyclic) bond motifs is 1. The molecule has 3 aromatic rings. The summed E-state index contributed by atoms with van der Waals surface area (Å²) in [5.74, 6) is -1.32. The predicted octanol–water partition coefficient (Wildman–Crippen LogP) is 4.76. The number of piperidine rings is 1. The highest BCUT2D eigenvalue weighted by Crippen LogP contribution is 2.34. The van der Waals surface area contributed by atoms with Crippen molar-refractivity contribution >= 4 is 34.0 Å². The van der Waals surface area contributed by atoms with Gasteiger partial charge in [0, 0.05) is 24.7 Å². The van der Waals surface area contributed by atoms with Gasteiger partial charge in [-0.2, -0.15) is 13.2 Å². The van der Waals surface area contributed by atoms with Gasteiger partial charge in [-0.3, -0.25) is 30.6 Å². The molecule has 11 heteroatoms. The lowest BCUT2D eigenvalue weighted by molar-refractivity contribution is -0.384. The Bertz CT molecular complexity index is 1290. The van der Waals surface area contributed by atoms with E-state index in [9.17, 15) is 32.9 Å². The number of carbonyl (C=O) groups is 2. The minimum Gasteiger partial charge on any atom is -0.338 e. The number of halogens is 3. The monoisotopic (exact) mass is 486 g/mol. The van der Waals surface area contributed by atoms with E-state index in [2.05, 4.69) is 10.9 Å². The molecule has 0 bridgehead atoms. The van der Waals surface area contributed by atoms with Crippen LogP contribution < -0.4 is 10.9 Å². The number of nitrogens with zero attached hydrogens (tertiary/aromatic N) is 2. The maximum atomic E-state index is 13.2. The van der Waals surface area contributed by atoms with Crippen molar-refractivity contribution in [2.24, 2.45) is 5.92 Å². The zero-order valence-corrected chi connectivity index (χ0v) is 18.3. The van der Waals surface area contributed by atoms with Gasteiger partial charge in [-0.05, 0) is 41.8 Å². The number of alkyl halides is 3. The molecule has 4 rings (SSSR count). The molecule has 1 heterocycles. The van der Waals surface area contributed by atoms with Crippen LogP contribution in [-0.2, 0) is 11.0 Å². The molecular formula is C24H21F3N4O4. The third kappa shape index (κ3) is 5.18. The van der Waals surface area contributed by atoms with Crippen LogP contribution in [0.3, 0.4) is 0 Å². The van der Waals surface area contributed by atoms with Crippen LogP contribution in [0.2, 0.25) is 0 Å². The van der Waals surface area contributed by atoms with Crippen molar-refractivity contribution in [1.29, 1.82) is 0 Å². The summed E-state index contributed by atoms with van der Waals surface area (Å²) in [4.78, 5) is 37.8. The molecule has 0 spiro atoms. The first-order valence-corrected chi connectivity index (χ1v) is 10.8. The van der Waals surface area contributed by atoms with Crippen LogP contribution in [0.25, 0.3) is 10.8 Å². The molecule has 0 aliphatic carbocycles. The Morgan fingerprint density at radius 3 is 2.54 bits per heavy atom. The number of nitrogens with one attached hydrogen (secondary N) is 2. The van der Waals surface area contributed by atoms with E-state index in [0.717, 1.165) is 16.8 Å². The third-order valence-electron chi connectivity index (χ3n) is 5.94. The maximum absolute atomic E-state index is 13.2. The number of hydrogen-bond acceptors (Lipinski definition) is 5. The van der Waals surface area contributed by atoms with E-state index < -0.39 is 34.2 Å². The number of nitro benzene ring substituents is 1. The summed E-state index contributed by atoms with van der Waals surface area (Å²) in [5.41, 5.74) is 2.95. The number of benzene rings is 3. The zero-order valence-electron chi connectivity index (χ0n) is 18.3. The second-order valence-corrected chi connectivity index (χ2v) is 8.22. The molecule has 3 aromatic carbocycles. The fraction of sp³-hybridized carbons (Fsp3) is 0.250. The van der Waals surface area contributed by atoms with Crippen molar-refractivity contribution in [2.45, 2.75) is 19.0 Å². The lowest BCUT2D eigenvalue weighted by Crippen LogP contribution is -2.46. The van der Waals surface area contributed by atoms with Gasteiger partial charge in [0.2, 0.25) is 5.91 Å². The Labute approximate surface area is 197 Å². The lowest BCUT2D eigenvalue weighted by atomic mass is 9.96. The van der Waals surface area contributed by atoms with E-state index in [4.69, 9.17) is 0 Å². The summed E-state index contributed by atoms with van der Waals surface area (Å²) in [6, 6.07) is 14.9. The minimum absolute atomic E-state index is 0.144. The zero-order chi connectivity index (χ0) is 25.2. The van der Waals surface area contributed by atoms with Gasteiger partial charge in [-0.1, -0.05) is 36.4 Å². The second kappa shape index (κ2) is 9.61. The Kier molecular flexibility index (Phi) is 6.59. The smallest absolute Gasteiger partial charge is 0.338 e. The standard InChI is InChI=1S/C24H21F3N4O4/c25-24(26,27)17-10-11-20(21(13-17)31(34)35)28-29-22(32)16-7-4-12-30(14-16)23(33)19-9-3-6-15-5-1-2-8-18(15)19/h1-3,5-6,8-11,13,16,28H,4,7,12,14H2,(H,29,32). The van der Waals surface area contributed by atoms with Crippen LogP contribution in [0, 0.1) is 16.0 Å². The highest BCUT2D eigenvalue weighted by atomic mass is 19.4. The quantitative estimate of drug-likeness (QED) is 0.400. The number of carbonyl (C=O) groups excluding carboxylic acids is 2. The topological polar surface area (TPSA) is 105 Å². The molecule has 35 heavy (non-hydrogen) atoms.